The monoisotopic (exact) mass is 434 g/mol. The third-order valence-electron chi connectivity index (χ3n) is 6.06. The van der Waals surface area contributed by atoms with E-state index in [0.29, 0.717) is 42.5 Å². The van der Waals surface area contributed by atoms with Crippen LogP contribution >= 0.6 is 0 Å². The number of carbonyl (C=O) groups excluding carboxylic acids is 1. The Morgan fingerprint density at radius 2 is 1.90 bits per heavy atom. The van der Waals surface area contributed by atoms with Gasteiger partial charge < -0.3 is 9.72 Å². The molecular weight excluding hydrogens is 416 g/mol. The zero-order valence-electron chi connectivity index (χ0n) is 16.2. The highest BCUT2D eigenvalue weighted by atomic mass is 19.4. The highest BCUT2D eigenvalue weighted by Crippen LogP contribution is 2.43. The maximum atomic E-state index is 13.4. The first-order valence-corrected chi connectivity index (χ1v) is 9.92. The van der Waals surface area contributed by atoms with Gasteiger partial charge in [-0.25, -0.2) is 14.8 Å². The van der Waals surface area contributed by atoms with Crippen molar-refractivity contribution in [3.63, 3.8) is 0 Å². The van der Waals surface area contributed by atoms with Gasteiger partial charge in [-0.15, -0.1) is 0 Å². The van der Waals surface area contributed by atoms with Gasteiger partial charge in [0.05, 0.1) is 23.1 Å². The number of amides is 1. The summed E-state index contributed by atoms with van der Waals surface area (Å²) in [4.78, 5) is 25.0. The average Bonchev–Trinajstić information content (AvgIpc) is 3.28. The maximum Gasteiger partial charge on any atom is 0.416 e. The number of hydrogen-bond acceptors (Lipinski definition) is 4. The third-order valence-corrected chi connectivity index (χ3v) is 6.06. The Kier molecular flexibility index (Phi) is 4.42. The number of pyridine rings is 1. The van der Waals surface area contributed by atoms with Gasteiger partial charge in [-0.3, -0.25) is 4.90 Å². The Bertz CT molecular complexity index is 1150. The molecule has 1 spiro atoms. The minimum Gasteiger partial charge on any atom is -0.441 e. The molecule has 1 N–H and O–H groups in total. The molecule has 2 fully saturated rings. The van der Waals surface area contributed by atoms with Gasteiger partial charge in [-0.2, -0.15) is 17.6 Å². The van der Waals surface area contributed by atoms with E-state index in [-0.39, 0.29) is 18.3 Å². The molecule has 3 aromatic rings. The second-order valence-corrected chi connectivity index (χ2v) is 8.08. The molecule has 1 amide bonds. The number of alkyl halides is 3. The molecule has 1 aliphatic heterocycles. The molecule has 3 heterocycles. The first-order chi connectivity index (χ1) is 14.7. The number of rotatable bonds is 2. The lowest BCUT2D eigenvalue weighted by Crippen LogP contribution is -2.38. The van der Waals surface area contributed by atoms with Gasteiger partial charge in [0, 0.05) is 5.92 Å². The predicted octanol–water partition coefficient (Wildman–Crippen LogP) is 5.17. The number of hydrogen-bond donors (Lipinski definition) is 1. The summed E-state index contributed by atoms with van der Waals surface area (Å²) in [5, 5.41) is 0. The van der Waals surface area contributed by atoms with Crippen LogP contribution in [0, 0.1) is 5.95 Å². The van der Waals surface area contributed by atoms with Crippen molar-refractivity contribution < 1.29 is 27.1 Å². The third kappa shape index (κ3) is 3.60. The molecule has 0 radical (unpaired) electrons. The summed E-state index contributed by atoms with van der Waals surface area (Å²) >= 11 is 0. The van der Waals surface area contributed by atoms with Crippen LogP contribution in [0.3, 0.4) is 0 Å². The number of carbonyl (C=O) groups is 1. The van der Waals surface area contributed by atoms with Gasteiger partial charge in [-0.1, -0.05) is 6.07 Å². The fraction of sp³-hybridized carbons (Fsp3) is 0.381. The van der Waals surface area contributed by atoms with Gasteiger partial charge in [0.1, 0.15) is 17.2 Å². The molecule has 1 aliphatic carbocycles. The minimum absolute atomic E-state index is 0.0207. The van der Waals surface area contributed by atoms with Crippen molar-refractivity contribution in [3.8, 4) is 0 Å². The molecule has 1 saturated carbocycles. The molecule has 0 bridgehead atoms. The van der Waals surface area contributed by atoms with E-state index in [1.807, 2.05) is 0 Å². The average molecular weight is 434 g/mol. The highest BCUT2D eigenvalue weighted by Gasteiger charge is 2.48. The molecular formula is C21H18F4N4O2. The van der Waals surface area contributed by atoms with Crippen molar-refractivity contribution in [1.29, 1.82) is 0 Å². The Hall–Kier alpha value is -3.17. The number of benzene rings is 1. The van der Waals surface area contributed by atoms with Crippen molar-refractivity contribution in [2.75, 3.05) is 11.4 Å². The molecule has 162 valence electrons. The predicted molar refractivity (Wildman–Crippen MR) is 103 cm³/mol. The van der Waals surface area contributed by atoms with Gasteiger partial charge in [0.2, 0.25) is 5.95 Å². The number of aromatic amines is 1. The first kappa shape index (κ1) is 19.8. The van der Waals surface area contributed by atoms with Crippen LogP contribution in [-0.4, -0.2) is 33.2 Å². The Labute approximate surface area is 174 Å². The van der Waals surface area contributed by atoms with E-state index in [1.54, 1.807) is 6.07 Å². The summed E-state index contributed by atoms with van der Waals surface area (Å²) in [5.74, 6) is 0.194. The van der Waals surface area contributed by atoms with E-state index >= 15 is 0 Å². The number of nitrogens with one attached hydrogen (secondary N) is 1. The summed E-state index contributed by atoms with van der Waals surface area (Å²) in [7, 11) is 0. The van der Waals surface area contributed by atoms with Crippen LogP contribution < -0.4 is 4.90 Å². The smallest absolute Gasteiger partial charge is 0.416 e. The molecule has 5 rings (SSSR count). The molecule has 6 nitrogen and oxygen atoms in total. The van der Waals surface area contributed by atoms with Crippen LogP contribution in [-0.2, 0) is 10.9 Å². The zero-order chi connectivity index (χ0) is 21.8. The molecule has 2 aliphatic rings. The fourth-order valence-electron chi connectivity index (χ4n) is 4.42. The number of halogens is 4. The molecule has 0 atom stereocenters. The number of imidazole rings is 1. The van der Waals surface area contributed by atoms with Gasteiger partial charge in [-0.05, 0) is 56.0 Å². The van der Waals surface area contributed by atoms with Gasteiger partial charge in [0.15, 0.2) is 0 Å². The lowest BCUT2D eigenvalue weighted by atomic mass is 9.78. The summed E-state index contributed by atoms with van der Waals surface area (Å²) in [6.07, 6.45) is -2.52. The quantitative estimate of drug-likeness (QED) is 0.446. The van der Waals surface area contributed by atoms with E-state index < -0.39 is 29.4 Å². The number of H-pyrrole nitrogens is 1. The van der Waals surface area contributed by atoms with Crippen molar-refractivity contribution in [2.45, 2.75) is 43.4 Å². The maximum absolute atomic E-state index is 13.4. The van der Waals surface area contributed by atoms with E-state index in [0.717, 1.165) is 12.1 Å². The van der Waals surface area contributed by atoms with Gasteiger partial charge in [0.25, 0.3) is 0 Å². The lowest BCUT2D eigenvalue weighted by Gasteiger charge is -2.34. The van der Waals surface area contributed by atoms with Crippen LogP contribution in [0.1, 0.15) is 43.0 Å². The number of ether oxygens (including phenoxy) is 1. The molecule has 2 aromatic heterocycles. The Morgan fingerprint density at radius 1 is 1.13 bits per heavy atom. The van der Waals surface area contributed by atoms with Crippen LogP contribution in [0.5, 0.6) is 0 Å². The first-order valence-electron chi connectivity index (χ1n) is 9.92. The van der Waals surface area contributed by atoms with E-state index in [9.17, 15) is 22.4 Å². The zero-order valence-corrected chi connectivity index (χ0v) is 16.2. The van der Waals surface area contributed by atoms with Crippen molar-refractivity contribution in [3.05, 3.63) is 53.7 Å². The second-order valence-electron chi connectivity index (χ2n) is 8.08. The van der Waals surface area contributed by atoms with E-state index in [1.165, 1.54) is 23.1 Å². The van der Waals surface area contributed by atoms with Crippen molar-refractivity contribution in [1.82, 2.24) is 15.0 Å². The standard InChI is InChI=1S/C21H18F4N4O2/c22-16-2-1-3-17(28-16)29-11-20(31-19(29)30)8-6-12(7-9-20)18-26-14-5-4-13(21(23,24)25)10-15(14)27-18/h1-5,10,12H,6-9,11H2,(H,26,27). The second kappa shape index (κ2) is 6.93. The van der Waals surface area contributed by atoms with Gasteiger partial charge >= 0.3 is 12.3 Å². The van der Waals surface area contributed by atoms with Crippen LogP contribution in [0.4, 0.5) is 28.2 Å². The molecule has 1 saturated heterocycles. The van der Waals surface area contributed by atoms with Crippen LogP contribution in [0.25, 0.3) is 11.0 Å². The number of nitrogens with zero attached hydrogens (tertiary/aromatic N) is 3. The summed E-state index contributed by atoms with van der Waals surface area (Å²) < 4.78 is 57.9. The highest BCUT2D eigenvalue weighted by molar-refractivity contribution is 5.89. The van der Waals surface area contributed by atoms with Crippen LogP contribution in [0.15, 0.2) is 36.4 Å². The van der Waals surface area contributed by atoms with E-state index in [2.05, 4.69) is 15.0 Å². The molecule has 0 unspecified atom stereocenters. The minimum atomic E-state index is -4.41. The topological polar surface area (TPSA) is 71.1 Å². The molecule has 31 heavy (non-hydrogen) atoms. The normalized spacial score (nSPS) is 24.2. The Morgan fingerprint density at radius 3 is 2.61 bits per heavy atom. The molecule has 1 aromatic carbocycles. The number of anilines is 1. The largest absolute Gasteiger partial charge is 0.441 e. The van der Waals surface area contributed by atoms with Crippen LogP contribution in [0.2, 0.25) is 0 Å². The number of aromatic nitrogens is 3. The van der Waals surface area contributed by atoms with Crippen molar-refractivity contribution >= 4 is 22.9 Å². The molecule has 10 heteroatoms. The van der Waals surface area contributed by atoms with Crippen molar-refractivity contribution in [2.24, 2.45) is 0 Å². The summed E-state index contributed by atoms with van der Waals surface area (Å²) in [6.45, 7) is 0.282. The lowest BCUT2D eigenvalue weighted by molar-refractivity contribution is -0.137. The number of fused-ring (bicyclic) bond motifs is 1. The van der Waals surface area contributed by atoms with E-state index in [4.69, 9.17) is 4.74 Å². The summed E-state index contributed by atoms with van der Waals surface area (Å²) in [5.41, 5.74) is -0.571. The Balaban J connectivity index is 1.31. The SMILES string of the molecule is O=C1OC2(CCC(c3nc4ccc(C(F)(F)F)cc4[nH]3)CC2)CN1c1cccc(F)n1. The fourth-order valence-corrected chi connectivity index (χ4v) is 4.42. The summed E-state index contributed by atoms with van der Waals surface area (Å²) in [6, 6.07) is 7.70.